The van der Waals surface area contributed by atoms with E-state index in [4.69, 9.17) is 0 Å². The molecule has 0 aromatic heterocycles. The fraction of sp³-hybridized carbons (Fsp3) is 0.190. The van der Waals surface area contributed by atoms with Crippen molar-refractivity contribution in [2.45, 2.75) is 20.3 Å². The standard InChI is InChI=1S/C21H22N2O4/c1-14(21(27)23-18-7-5-17(6-8-18)15(2)24)13-20(26)22-12-11-16-3-9-19(25)10-4-16/h3-10,13,25H,11-12H2,1-2H3,(H,22,26)(H,23,27)/b14-13-. The van der Waals surface area contributed by atoms with E-state index in [1.165, 1.54) is 13.0 Å². The van der Waals surface area contributed by atoms with Gasteiger partial charge in [0, 0.05) is 29.4 Å². The van der Waals surface area contributed by atoms with E-state index in [9.17, 15) is 19.5 Å². The zero-order valence-electron chi connectivity index (χ0n) is 15.3. The van der Waals surface area contributed by atoms with Crippen molar-refractivity contribution in [2.24, 2.45) is 0 Å². The first kappa shape index (κ1) is 19.9. The molecule has 6 heteroatoms. The van der Waals surface area contributed by atoms with Crippen LogP contribution in [0, 0.1) is 0 Å². The molecule has 0 saturated carbocycles. The SMILES string of the molecule is CC(=O)c1ccc(NC(=O)/C(C)=C\C(=O)NCCc2ccc(O)cc2)cc1. The minimum absolute atomic E-state index is 0.0482. The number of amides is 2. The van der Waals surface area contributed by atoms with Gasteiger partial charge in [-0.15, -0.1) is 0 Å². The van der Waals surface area contributed by atoms with Crippen molar-refractivity contribution in [3.05, 3.63) is 71.3 Å². The Morgan fingerprint density at radius 2 is 1.59 bits per heavy atom. The number of hydrogen-bond acceptors (Lipinski definition) is 4. The zero-order chi connectivity index (χ0) is 19.8. The van der Waals surface area contributed by atoms with E-state index in [2.05, 4.69) is 10.6 Å². The van der Waals surface area contributed by atoms with Crippen molar-refractivity contribution >= 4 is 23.3 Å². The molecule has 0 radical (unpaired) electrons. The van der Waals surface area contributed by atoms with Crippen molar-refractivity contribution in [3.63, 3.8) is 0 Å². The van der Waals surface area contributed by atoms with Crippen LogP contribution in [0.5, 0.6) is 5.75 Å². The summed E-state index contributed by atoms with van der Waals surface area (Å²) in [6, 6.07) is 13.3. The second-order valence-electron chi connectivity index (χ2n) is 6.12. The summed E-state index contributed by atoms with van der Waals surface area (Å²) in [6.07, 6.45) is 1.86. The maximum atomic E-state index is 12.1. The van der Waals surface area contributed by atoms with Gasteiger partial charge in [0.1, 0.15) is 5.75 Å². The summed E-state index contributed by atoms with van der Waals surface area (Å²) in [5, 5.41) is 14.6. The number of rotatable bonds is 7. The highest BCUT2D eigenvalue weighted by Gasteiger charge is 2.08. The van der Waals surface area contributed by atoms with E-state index in [0.29, 0.717) is 24.2 Å². The van der Waals surface area contributed by atoms with Gasteiger partial charge in [-0.2, -0.15) is 0 Å². The monoisotopic (exact) mass is 366 g/mol. The van der Waals surface area contributed by atoms with Crippen LogP contribution in [0.2, 0.25) is 0 Å². The van der Waals surface area contributed by atoms with Crippen LogP contribution in [0.4, 0.5) is 5.69 Å². The lowest BCUT2D eigenvalue weighted by Crippen LogP contribution is -2.25. The topological polar surface area (TPSA) is 95.5 Å². The van der Waals surface area contributed by atoms with Crippen LogP contribution in [-0.4, -0.2) is 29.2 Å². The van der Waals surface area contributed by atoms with Crippen LogP contribution in [0.25, 0.3) is 0 Å². The number of aromatic hydroxyl groups is 1. The molecule has 0 unspecified atom stereocenters. The van der Waals surface area contributed by atoms with Gasteiger partial charge < -0.3 is 15.7 Å². The molecule has 0 aliphatic heterocycles. The number of phenols is 1. The van der Waals surface area contributed by atoms with Crippen LogP contribution in [0.3, 0.4) is 0 Å². The molecule has 2 aromatic carbocycles. The maximum Gasteiger partial charge on any atom is 0.251 e. The highest BCUT2D eigenvalue weighted by molar-refractivity contribution is 6.07. The summed E-state index contributed by atoms with van der Waals surface area (Å²) >= 11 is 0. The van der Waals surface area contributed by atoms with Crippen molar-refractivity contribution in [2.75, 3.05) is 11.9 Å². The third-order valence-electron chi connectivity index (χ3n) is 3.90. The fourth-order valence-electron chi connectivity index (χ4n) is 2.32. The van der Waals surface area contributed by atoms with Gasteiger partial charge in [0.15, 0.2) is 5.78 Å². The van der Waals surface area contributed by atoms with Crippen molar-refractivity contribution in [1.29, 1.82) is 0 Å². The lowest BCUT2D eigenvalue weighted by atomic mass is 10.1. The third-order valence-corrected chi connectivity index (χ3v) is 3.90. The molecule has 0 fully saturated rings. The summed E-state index contributed by atoms with van der Waals surface area (Å²) in [4.78, 5) is 35.3. The Morgan fingerprint density at radius 3 is 2.19 bits per heavy atom. The lowest BCUT2D eigenvalue weighted by molar-refractivity contribution is -0.117. The van der Waals surface area contributed by atoms with Gasteiger partial charge in [0.2, 0.25) is 5.91 Å². The van der Waals surface area contributed by atoms with Crippen molar-refractivity contribution < 1.29 is 19.5 Å². The Hall–Kier alpha value is -3.41. The van der Waals surface area contributed by atoms with Crippen LogP contribution in [0.1, 0.15) is 29.8 Å². The number of Topliss-reactive ketones (excluding diaryl/α,β-unsaturated/α-hetero) is 1. The summed E-state index contributed by atoms with van der Waals surface area (Å²) < 4.78 is 0. The molecule has 2 amide bonds. The Kier molecular flexibility index (Phi) is 6.88. The zero-order valence-corrected chi connectivity index (χ0v) is 15.3. The predicted molar refractivity (Wildman–Crippen MR) is 104 cm³/mol. The van der Waals surface area contributed by atoms with Gasteiger partial charge in [-0.25, -0.2) is 0 Å². The largest absolute Gasteiger partial charge is 0.508 e. The lowest BCUT2D eigenvalue weighted by Gasteiger charge is -2.07. The van der Waals surface area contributed by atoms with Gasteiger partial charge >= 0.3 is 0 Å². The highest BCUT2D eigenvalue weighted by atomic mass is 16.3. The molecule has 0 aliphatic carbocycles. The highest BCUT2D eigenvalue weighted by Crippen LogP contribution is 2.12. The second kappa shape index (κ2) is 9.33. The molecule has 0 bridgehead atoms. The Labute approximate surface area is 157 Å². The summed E-state index contributed by atoms with van der Waals surface area (Å²) in [6.45, 7) is 3.45. The average Bonchev–Trinajstić information content (AvgIpc) is 2.63. The Morgan fingerprint density at radius 1 is 0.963 bits per heavy atom. The van der Waals surface area contributed by atoms with Crippen LogP contribution in [-0.2, 0) is 16.0 Å². The normalized spacial score (nSPS) is 11.0. The quantitative estimate of drug-likeness (QED) is 0.519. The molecular weight excluding hydrogens is 344 g/mol. The number of carbonyl (C=O) groups excluding carboxylic acids is 3. The van der Waals surface area contributed by atoms with Crippen LogP contribution >= 0.6 is 0 Å². The van der Waals surface area contributed by atoms with Crippen molar-refractivity contribution in [1.82, 2.24) is 5.32 Å². The van der Waals surface area contributed by atoms with E-state index in [1.54, 1.807) is 55.5 Å². The number of benzene rings is 2. The van der Waals surface area contributed by atoms with Gasteiger partial charge in [-0.1, -0.05) is 12.1 Å². The Bertz CT molecular complexity index is 853. The molecule has 3 N–H and O–H groups in total. The molecular formula is C21H22N2O4. The molecule has 0 heterocycles. The number of anilines is 1. The minimum atomic E-state index is -0.390. The van der Waals surface area contributed by atoms with E-state index < -0.39 is 0 Å². The van der Waals surface area contributed by atoms with E-state index in [-0.39, 0.29) is 28.9 Å². The van der Waals surface area contributed by atoms with Crippen LogP contribution < -0.4 is 10.6 Å². The smallest absolute Gasteiger partial charge is 0.251 e. The number of carbonyl (C=O) groups is 3. The predicted octanol–water partition coefficient (Wildman–Crippen LogP) is 2.84. The number of nitrogens with one attached hydrogen (secondary N) is 2. The summed E-state index contributed by atoms with van der Waals surface area (Å²) in [7, 11) is 0. The molecule has 0 atom stereocenters. The molecule has 0 saturated heterocycles. The summed E-state index contributed by atoms with van der Waals surface area (Å²) in [5.41, 5.74) is 2.37. The van der Waals surface area contributed by atoms with E-state index >= 15 is 0 Å². The molecule has 2 rings (SSSR count). The van der Waals surface area contributed by atoms with Crippen LogP contribution in [0.15, 0.2) is 60.2 Å². The summed E-state index contributed by atoms with van der Waals surface area (Å²) in [5.74, 6) is -0.594. The Balaban J connectivity index is 1.83. The maximum absolute atomic E-state index is 12.1. The molecule has 27 heavy (non-hydrogen) atoms. The number of hydrogen-bond donors (Lipinski definition) is 3. The molecule has 140 valence electrons. The van der Waals surface area contributed by atoms with Gasteiger partial charge in [-0.3, -0.25) is 14.4 Å². The van der Waals surface area contributed by atoms with Gasteiger partial charge in [0.25, 0.3) is 5.91 Å². The first-order valence-electron chi connectivity index (χ1n) is 8.51. The minimum Gasteiger partial charge on any atom is -0.508 e. The fourth-order valence-corrected chi connectivity index (χ4v) is 2.32. The van der Waals surface area contributed by atoms with Crippen molar-refractivity contribution in [3.8, 4) is 5.75 Å². The van der Waals surface area contributed by atoms with E-state index in [1.807, 2.05) is 0 Å². The number of phenolic OH excluding ortho intramolecular Hbond substituents is 1. The number of ketones is 1. The van der Waals surface area contributed by atoms with E-state index in [0.717, 1.165) is 5.56 Å². The molecule has 0 spiro atoms. The second-order valence-corrected chi connectivity index (χ2v) is 6.12. The van der Waals surface area contributed by atoms with Gasteiger partial charge in [-0.05, 0) is 62.2 Å². The molecule has 0 aliphatic rings. The third kappa shape index (κ3) is 6.43. The first-order valence-corrected chi connectivity index (χ1v) is 8.51. The molecule has 6 nitrogen and oxygen atoms in total. The first-order chi connectivity index (χ1) is 12.8. The average molecular weight is 366 g/mol. The van der Waals surface area contributed by atoms with Gasteiger partial charge in [0.05, 0.1) is 0 Å². The molecule has 2 aromatic rings.